The molecule has 6 nitrogen and oxygen atoms in total. The number of Topliss-reactive ketones (excluding diaryl/α,β-unsaturated/α-hetero) is 2. The minimum absolute atomic E-state index is 0.0334. The minimum atomic E-state index is -2.15. The van der Waals surface area contributed by atoms with Crippen molar-refractivity contribution in [3.05, 3.63) is 104 Å². The molecule has 6 rings (SSSR count). The summed E-state index contributed by atoms with van der Waals surface area (Å²) in [7, 11) is 0. The normalized spacial score (nSPS) is 24.1. The van der Waals surface area contributed by atoms with Gasteiger partial charge in [0.1, 0.15) is 0 Å². The van der Waals surface area contributed by atoms with E-state index in [9.17, 15) is 19.2 Å². The summed E-state index contributed by atoms with van der Waals surface area (Å²) < 4.78 is 6.23. The average molecular weight is 541 g/mol. The number of imide groups is 1. The first-order chi connectivity index (χ1) is 17.2. The fourth-order valence-electron chi connectivity index (χ4n) is 5.52. The van der Waals surface area contributed by atoms with Gasteiger partial charge in [-0.05, 0) is 29.8 Å². The van der Waals surface area contributed by atoms with Gasteiger partial charge >= 0.3 is 0 Å². The van der Waals surface area contributed by atoms with Gasteiger partial charge in [-0.25, -0.2) is 0 Å². The highest BCUT2D eigenvalue weighted by Crippen LogP contribution is 2.58. The van der Waals surface area contributed by atoms with Gasteiger partial charge in [0.2, 0.25) is 29.0 Å². The number of ketones is 2. The Hall–Kier alpha value is -3.03. The van der Waals surface area contributed by atoms with Gasteiger partial charge in [0.05, 0.1) is 24.5 Å². The molecule has 2 fully saturated rings. The number of halogens is 3. The van der Waals surface area contributed by atoms with E-state index in [1.54, 1.807) is 48.5 Å². The molecule has 0 radical (unpaired) electrons. The zero-order chi connectivity index (χ0) is 25.4. The maximum atomic E-state index is 13.8. The first kappa shape index (κ1) is 23.4. The van der Waals surface area contributed by atoms with Crippen molar-refractivity contribution in [1.29, 1.82) is 0 Å². The summed E-state index contributed by atoms with van der Waals surface area (Å²) in [5, 5.41) is 1.08. The Bertz CT molecular complexity index is 1450. The number of benzene rings is 3. The molecule has 2 aliphatic heterocycles. The molecule has 0 N–H and O–H groups in total. The van der Waals surface area contributed by atoms with Crippen LogP contribution in [0.3, 0.4) is 0 Å². The van der Waals surface area contributed by atoms with Gasteiger partial charge in [-0.3, -0.25) is 24.1 Å². The molecule has 0 bridgehead atoms. The average Bonchev–Trinajstić information content (AvgIpc) is 3.41. The standard InChI is InChI=1S/C27H16Cl3NO5/c28-14-7-5-13(6-8-14)12-31-25(34)20-21(26(31)35)27(23(32)16-3-1-2-4-17(16)24(27)33)36-22(20)18-10-9-15(29)11-19(18)30/h1-11,20-22H,12H2/t20-,21-,22-/m1/s1. The van der Waals surface area contributed by atoms with Crippen molar-refractivity contribution in [2.24, 2.45) is 11.8 Å². The summed E-state index contributed by atoms with van der Waals surface area (Å²) in [6, 6.07) is 17.7. The van der Waals surface area contributed by atoms with E-state index < -0.39 is 46.9 Å². The van der Waals surface area contributed by atoms with Crippen LogP contribution in [-0.4, -0.2) is 33.9 Å². The summed E-state index contributed by atoms with van der Waals surface area (Å²) in [6.07, 6.45) is -1.10. The lowest BCUT2D eigenvalue weighted by molar-refractivity contribution is -0.145. The van der Waals surface area contributed by atoms with Crippen LogP contribution in [-0.2, 0) is 20.9 Å². The molecular formula is C27H16Cl3NO5. The Kier molecular flexibility index (Phi) is 5.36. The van der Waals surface area contributed by atoms with E-state index >= 15 is 0 Å². The third-order valence-electron chi connectivity index (χ3n) is 7.13. The predicted octanol–water partition coefficient (Wildman–Crippen LogP) is 5.34. The van der Waals surface area contributed by atoms with Gasteiger partial charge in [0, 0.05) is 31.8 Å². The fraction of sp³-hybridized carbons (Fsp3) is 0.185. The number of hydrogen-bond acceptors (Lipinski definition) is 5. The Morgan fingerprint density at radius 1 is 0.778 bits per heavy atom. The molecule has 0 aromatic heterocycles. The minimum Gasteiger partial charge on any atom is -0.349 e. The summed E-state index contributed by atoms with van der Waals surface area (Å²) >= 11 is 18.5. The third kappa shape index (κ3) is 3.15. The fourth-order valence-corrected chi connectivity index (χ4v) is 6.16. The van der Waals surface area contributed by atoms with Gasteiger partial charge in [-0.15, -0.1) is 0 Å². The Labute approximate surface area is 220 Å². The molecule has 2 saturated heterocycles. The Morgan fingerprint density at radius 2 is 1.39 bits per heavy atom. The molecule has 180 valence electrons. The Balaban J connectivity index is 1.49. The van der Waals surface area contributed by atoms with E-state index in [4.69, 9.17) is 39.5 Å². The molecule has 3 atom stereocenters. The van der Waals surface area contributed by atoms with E-state index in [2.05, 4.69) is 0 Å². The summed E-state index contributed by atoms with van der Waals surface area (Å²) in [6.45, 7) is -0.0334. The highest BCUT2D eigenvalue weighted by atomic mass is 35.5. The van der Waals surface area contributed by atoms with Crippen LogP contribution in [0.4, 0.5) is 0 Å². The number of likely N-dealkylation sites (tertiary alicyclic amines) is 1. The molecule has 0 unspecified atom stereocenters. The van der Waals surface area contributed by atoms with Gasteiger partial charge < -0.3 is 4.74 Å². The molecule has 9 heteroatoms. The van der Waals surface area contributed by atoms with Crippen molar-refractivity contribution in [3.8, 4) is 0 Å². The number of rotatable bonds is 3. The van der Waals surface area contributed by atoms with Crippen molar-refractivity contribution in [2.75, 3.05) is 0 Å². The highest BCUT2D eigenvalue weighted by molar-refractivity contribution is 6.36. The number of nitrogens with zero attached hydrogens (tertiary/aromatic N) is 1. The molecule has 3 aromatic rings. The molecular weight excluding hydrogens is 525 g/mol. The second-order valence-electron chi connectivity index (χ2n) is 9.04. The van der Waals surface area contributed by atoms with Crippen molar-refractivity contribution >= 4 is 58.2 Å². The second-order valence-corrected chi connectivity index (χ2v) is 10.3. The lowest BCUT2D eigenvalue weighted by Crippen LogP contribution is -2.50. The number of amides is 2. The van der Waals surface area contributed by atoms with Gasteiger partial charge in [0.15, 0.2) is 0 Å². The van der Waals surface area contributed by atoms with Crippen LogP contribution in [0, 0.1) is 11.8 Å². The summed E-state index contributed by atoms with van der Waals surface area (Å²) in [5.41, 5.74) is -0.770. The van der Waals surface area contributed by atoms with Crippen LogP contribution < -0.4 is 0 Å². The van der Waals surface area contributed by atoms with Crippen molar-refractivity contribution in [3.63, 3.8) is 0 Å². The third-order valence-corrected chi connectivity index (χ3v) is 7.95. The van der Waals surface area contributed by atoms with Crippen molar-refractivity contribution in [1.82, 2.24) is 4.90 Å². The summed E-state index contributed by atoms with van der Waals surface area (Å²) in [5.74, 6) is -4.88. The first-order valence-corrected chi connectivity index (χ1v) is 12.3. The topological polar surface area (TPSA) is 80.8 Å². The SMILES string of the molecule is O=C1[C@H]2[C@@H](c3ccc(Cl)cc3Cl)OC3(C(=O)c4ccccc4C3=O)[C@H]2C(=O)N1Cc1ccc(Cl)cc1. The van der Waals surface area contributed by atoms with Crippen molar-refractivity contribution in [2.45, 2.75) is 18.2 Å². The van der Waals surface area contributed by atoms with Crippen LogP contribution in [0.15, 0.2) is 66.7 Å². The lowest BCUT2D eigenvalue weighted by Gasteiger charge is -2.27. The smallest absolute Gasteiger partial charge is 0.237 e. The highest BCUT2D eigenvalue weighted by Gasteiger charge is 2.74. The van der Waals surface area contributed by atoms with E-state index in [1.165, 1.54) is 18.2 Å². The molecule has 2 heterocycles. The van der Waals surface area contributed by atoms with Gasteiger partial charge in [-0.1, -0.05) is 77.3 Å². The number of hydrogen-bond donors (Lipinski definition) is 0. The van der Waals surface area contributed by atoms with Crippen LogP contribution in [0.5, 0.6) is 0 Å². The molecule has 0 saturated carbocycles. The van der Waals surface area contributed by atoms with Crippen molar-refractivity contribution < 1.29 is 23.9 Å². The van der Waals surface area contributed by atoms with E-state index in [0.29, 0.717) is 21.2 Å². The summed E-state index contributed by atoms with van der Waals surface area (Å²) in [4.78, 5) is 56.2. The van der Waals surface area contributed by atoms with Gasteiger partial charge in [-0.2, -0.15) is 0 Å². The Morgan fingerprint density at radius 3 is 2.00 bits per heavy atom. The predicted molar refractivity (Wildman–Crippen MR) is 132 cm³/mol. The molecule has 3 aliphatic rings. The van der Waals surface area contributed by atoms with Crippen LogP contribution >= 0.6 is 34.8 Å². The number of carbonyl (C=O) groups excluding carboxylic acids is 4. The van der Waals surface area contributed by atoms with E-state index in [1.807, 2.05) is 0 Å². The second kappa shape index (κ2) is 8.25. The maximum absolute atomic E-state index is 13.8. The number of ether oxygens (including phenoxy) is 1. The lowest BCUT2D eigenvalue weighted by atomic mass is 9.77. The monoisotopic (exact) mass is 539 g/mol. The number of fused-ring (bicyclic) bond motifs is 3. The first-order valence-electron chi connectivity index (χ1n) is 11.1. The van der Waals surface area contributed by atoms with Gasteiger partial charge in [0.25, 0.3) is 0 Å². The van der Waals surface area contributed by atoms with E-state index in [-0.39, 0.29) is 22.7 Å². The molecule has 1 spiro atoms. The zero-order valence-electron chi connectivity index (χ0n) is 18.4. The van der Waals surface area contributed by atoms with Crippen LogP contribution in [0.25, 0.3) is 0 Å². The molecule has 1 aliphatic carbocycles. The largest absolute Gasteiger partial charge is 0.349 e. The number of carbonyl (C=O) groups is 4. The molecule has 36 heavy (non-hydrogen) atoms. The van der Waals surface area contributed by atoms with E-state index in [0.717, 1.165) is 4.90 Å². The quantitative estimate of drug-likeness (QED) is 0.331. The molecule has 2 amide bonds. The molecule has 3 aromatic carbocycles. The van der Waals surface area contributed by atoms with Crippen LogP contribution in [0.2, 0.25) is 15.1 Å². The van der Waals surface area contributed by atoms with Crippen LogP contribution in [0.1, 0.15) is 37.9 Å². The zero-order valence-corrected chi connectivity index (χ0v) is 20.7. The maximum Gasteiger partial charge on any atom is 0.237 e.